The average Bonchev–Trinajstić information content (AvgIpc) is 2.64. The Labute approximate surface area is 94.1 Å². The number of imidazole rings is 1. The number of nitrogens with zero attached hydrogens (tertiary/aromatic N) is 3. The van der Waals surface area contributed by atoms with E-state index in [4.69, 9.17) is 11.6 Å². The van der Waals surface area contributed by atoms with Crippen molar-refractivity contribution in [1.82, 2.24) is 14.4 Å². The number of aryl methyl sites for hydroxylation is 1. The number of hydrogen-bond donors (Lipinski definition) is 0. The molecule has 0 unspecified atom stereocenters. The quantitative estimate of drug-likeness (QED) is 0.746. The summed E-state index contributed by atoms with van der Waals surface area (Å²) < 4.78 is 2.02. The first-order valence-electron chi connectivity index (χ1n) is 5.29. The highest BCUT2D eigenvalue weighted by atomic mass is 35.5. The highest BCUT2D eigenvalue weighted by Gasteiger charge is 2.05. The van der Waals surface area contributed by atoms with Gasteiger partial charge < -0.3 is 0 Å². The molecule has 3 nitrogen and oxygen atoms in total. The number of hydrogen-bond acceptors (Lipinski definition) is 2. The molecular formula is C11H14ClN3. The molecule has 0 aromatic carbocycles. The Morgan fingerprint density at radius 2 is 2.20 bits per heavy atom. The third-order valence-electron chi connectivity index (χ3n) is 2.50. The Kier molecular flexibility index (Phi) is 3.21. The Bertz CT molecular complexity index is 450. The molecule has 2 rings (SSSR count). The second-order valence-electron chi connectivity index (χ2n) is 3.62. The second-order valence-corrected chi connectivity index (χ2v) is 3.98. The molecule has 0 amide bonds. The van der Waals surface area contributed by atoms with E-state index in [0.29, 0.717) is 5.15 Å². The Balaban J connectivity index is 2.25. The zero-order chi connectivity index (χ0) is 10.7. The fourth-order valence-electron chi connectivity index (χ4n) is 1.68. The molecule has 0 aliphatic heterocycles. The lowest BCUT2D eigenvalue weighted by Gasteiger charge is -2.00. The van der Waals surface area contributed by atoms with E-state index in [1.165, 1.54) is 25.0 Å². The molecule has 2 heterocycles. The van der Waals surface area contributed by atoms with E-state index in [1.54, 1.807) is 6.20 Å². The summed E-state index contributed by atoms with van der Waals surface area (Å²) in [5.74, 6) is 0. The number of halogens is 1. The monoisotopic (exact) mass is 223 g/mol. The second kappa shape index (κ2) is 4.62. The van der Waals surface area contributed by atoms with Gasteiger partial charge in [-0.25, -0.2) is 9.97 Å². The van der Waals surface area contributed by atoms with Crippen LogP contribution in [0.4, 0.5) is 0 Å². The van der Waals surface area contributed by atoms with Gasteiger partial charge in [-0.2, -0.15) is 0 Å². The molecule has 80 valence electrons. The maximum absolute atomic E-state index is 5.94. The van der Waals surface area contributed by atoms with Gasteiger partial charge in [0.25, 0.3) is 0 Å². The molecule has 2 aromatic heterocycles. The first-order valence-corrected chi connectivity index (χ1v) is 5.67. The van der Waals surface area contributed by atoms with E-state index in [-0.39, 0.29) is 0 Å². The number of fused-ring (bicyclic) bond motifs is 1. The van der Waals surface area contributed by atoms with Crippen LogP contribution in [-0.2, 0) is 6.42 Å². The molecule has 0 bridgehead atoms. The predicted molar refractivity (Wildman–Crippen MR) is 61.2 cm³/mol. The summed E-state index contributed by atoms with van der Waals surface area (Å²) in [5.41, 5.74) is 1.97. The molecule has 0 aliphatic carbocycles. The maximum Gasteiger partial charge on any atom is 0.175 e. The lowest BCUT2D eigenvalue weighted by atomic mass is 10.2. The molecular weight excluding hydrogens is 210 g/mol. The molecule has 0 atom stereocenters. The van der Waals surface area contributed by atoms with Crippen LogP contribution in [-0.4, -0.2) is 14.4 Å². The van der Waals surface area contributed by atoms with Crippen LogP contribution < -0.4 is 0 Å². The van der Waals surface area contributed by atoms with E-state index >= 15 is 0 Å². The fourth-order valence-corrected chi connectivity index (χ4v) is 1.88. The van der Waals surface area contributed by atoms with Crippen LogP contribution in [0.1, 0.15) is 31.9 Å². The van der Waals surface area contributed by atoms with E-state index < -0.39 is 0 Å². The maximum atomic E-state index is 5.94. The predicted octanol–water partition coefficient (Wildman–Crippen LogP) is 3.12. The Morgan fingerprint density at radius 1 is 1.33 bits per heavy atom. The van der Waals surface area contributed by atoms with Gasteiger partial charge in [-0.05, 0) is 12.8 Å². The first-order chi connectivity index (χ1) is 7.33. The summed E-state index contributed by atoms with van der Waals surface area (Å²) in [6.07, 6.45) is 10.2. The summed E-state index contributed by atoms with van der Waals surface area (Å²) in [4.78, 5) is 8.26. The smallest absolute Gasteiger partial charge is 0.175 e. The molecule has 0 N–H and O–H groups in total. The molecule has 0 saturated heterocycles. The van der Waals surface area contributed by atoms with Crippen LogP contribution in [0.25, 0.3) is 5.65 Å². The lowest BCUT2D eigenvalue weighted by molar-refractivity contribution is 0.704. The summed E-state index contributed by atoms with van der Waals surface area (Å²) >= 11 is 5.94. The normalized spacial score (nSPS) is 11.1. The molecule has 0 radical (unpaired) electrons. The molecule has 0 saturated carbocycles. The van der Waals surface area contributed by atoms with Crippen LogP contribution in [0.5, 0.6) is 0 Å². The summed E-state index contributed by atoms with van der Waals surface area (Å²) in [6.45, 7) is 2.20. The Morgan fingerprint density at radius 3 is 3.00 bits per heavy atom. The highest BCUT2D eigenvalue weighted by Crippen LogP contribution is 2.15. The van der Waals surface area contributed by atoms with Crippen molar-refractivity contribution in [2.75, 3.05) is 0 Å². The van der Waals surface area contributed by atoms with E-state index in [9.17, 15) is 0 Å². The zero-order valence-electron chi connectivity index (χ0n) is 8.78. The van der Waals surface area contributed by atoms with Gasteiger partial charge in [0.1, 0.15) is 0 Å². The van der Waals surface area contributed by atoms with Crippen molar-refractivity contribution in [1.29, 1.82) is 0 Å². The largest absolute Gasteiger partial charge is 0.300 e. The standard InChI is InChI=1S/C11H14ClN3/c1-2-3-4-5-9-8-14-11-10(12)13-6-7-15(9)11/h6-8H,2-5H2,1H3. The van der Waals surface area contributed by atoms with Crippen LogP contribution in [0.3, 0.4) is 0 Å². The lowest BCUT2D eigenvalue weighted by Crippen LogP contribution is -1.94. The van der Waals surface area contributed by atoms with Crippen molar-refractivity contribution in [2.24, 2.45) is 0 Å². The summed E-state index contributed by atoms with van der Waals surface area (Å²) in [5, 5.41) is 0.472. The van der Waals surface area contributed by atoms with Gasteiger partial charge in [0.15, 0.2) is 10.8 Å². The minimum Gasteiger partial charge on any atom is -0.300 e. The van der Waals surface area contributed by atoms with Crippen molar-refractivity contribution in [3.05, 3.63) is 29.4 Å². The average molecular weight is 224 g/mol. The molecule has 15 heavy (non-hydrogen) atoms. The van der Waals surface area contributed by atoms with Crippen molar-refractivity contribution in [2.45, 2.75) is 32.6 Å². The van der Waals surface area contributed by atoms with Crippen molar-refractivity contribution < 1.29 is 0 Å². The molecule has 0 spiro atoms. The van der Waals surface area contributed by atoms with Gasteiger partial charge in [-0.15, -0.1) is 0 Å². The van der Waals surface area contributed by atoms with Crippen molar-refractivity contribution >= 4 is 17.2 Å². The SMILES string of the molecule is CCCCCc1cnc2c(Cl)nccn12. The minimum atomic E-state index is 0.472. The zero-order valence-corrected chi connectivity index (χ0v) is 9.54. The number of aromatic nitrogens is 3. The van der Waals surface area contributed by atoms with Gasteiger partial charge in [0.2, 0.25) is 0 Å². The summed E-state index contributed by atoms with van der Waals surface area (Å²) in [6, 6.07) is 0. The Hall–Kier alpha value is -1.09. The number of rotatable bonds is 4. The fraction of sp³-hybridized carbons (Fsp3) is 0.455. The van der Waals surface area contributed by atoms with Crippen LogP contribution in [0.15, 0.2) is 18.6 Å². The van der Waals surface area contributed by atoms with Crippen LogP contribution in [0.2, 0.25) is 5.15 Å². The number of unbranched alkanes of at least 4 members (excludes halogenated alkanes) is 2. The molecule has 2 aromatic rings. The van der Waals surface area contributed by atoms with Crippen LogP contribution in [0, 0.1) is 0 Å². The van der Waals surface area contributed by atoms with Gasteiger partial charge >= 0.3 is 0 Å². The van der Waals surface area contributed by atoms with E-state index in [2.05, 4.69) is 16.9 Å². The summed E-state index contributed by atoms with van der Waals surface area (Å²) in [7, 11) is 0. The molecule has 0 aliphatic rings. The van der Waals surface area contributed by atoms with Gasteiger partial charge in [-0.3, -0.25) is 4.40 Å². The van der Waals surface area contributed by atoms with Gasteiger partial charge in [-0.1, -0.05) is 31.4 Å². The van der Waals surface area contributed by atoms with Crippen molar-refractivity contribution in [3.63, 3.8) is 0 Å². The van der Waals surface area contributed by atoms with Crippen molar-refractivity contribution in [3.8, 4) is 0 Å². The third kappa shape index (κ3) is 2.12. The van der Waals surface area contributed by atoms with Gasteiger partial charge in [0.05, 0.1) is 0 Å². The highest BCUT2D eigenvalue weighted by molar-refractivity contribution is 6.32. The first kappa shape index (κ1) is 10.4. The molecule has 4 heteroatoms. The van der Waals surface area contributed by atoms with Crippen LogP contribution >= 0.6 is 11.6 Å². The minimum absolute atomic E-state index is 0.472. The topological polar surface area (TPSA) is 30.2 Å². The molecule has 0 fully saturated rings. The van der Waals surface area contributed by atoms with Gasteiger partial charge in [0, 0.05) is 24.3 Å². The van der Waals surface area contributed by atoms with E-state index in [1.807, 2.05) is 16.8 Å². The third-order valence-corrected chi connectivity index (χ3v) is 2.76. The van der Waals surface area contributed by atoms with E-state index in [0.717, 1.165) is 12.1 Å².